The van der Waals surface area contributed by atoms with Gasteiger partial charge < -0.3 is 4.90 Å². The number of nitrogens with zero attached hydrogens (tertiary/aromatic N) is 1. The average Bonchev–Trinajstić information content (AvgIpc) is 2.47. The first-order valence-electron chi connectivity index (χ1n) is 8.30. The number of amides is 1. The molecule has 1 aliphatic heterocycles. The van der Waals surface area contributed by atoms with E-state index >= 15 is 0 Å². The lowest BCUT2D eigenvalue weighted by Gasteiger charge is -2.31. The largest absolute Gasteiger partial charge is 0.417 e. The molecule has 2 nitrogen and oxygen atoms in total. The van der Waals surface area contributed by atoms with Gasteiger partial charge in [-0.1, -0.05) is 54.4 Å². The molecule has 0 N–H and O–H groups in total. The van der Waals surface area contributed by atoms with E-state index in [0.29, 0.717) is 37.9 Å². The van der Waals surface area contributed by atoms with Crippen LogP contribution in [0, 0.1) is 5.41 Å². The van der Waals surface area contributed by atoms with E-state index in [2.05, 4.69) is 15.9 Å². The summed E-state index contributed by atoms with van der Waals surface area (Å²) in [6, 6.07) is 4.26. The molecule has 0 radical (unpaired) electrons. The van der Waals surface area contributed by atoms with Crippen LogP contribution in [-0.2, 0) is 11.0 Å². The molecule has 0 aliphatic carbocycles. The number of likely N-dealkylation sites (tertiary alicyclic amines) is 1. The lowest BCUT2D eigenvalue weighted by Crippen LogP contribution is -2.38. The van der Waals surface area contributed by atoms with Gasteiger partial charge in [0.15, 0.2) is 0 Å². The third-order valence-corrected chi connectivity index (χ3v) is 4.80. The lowest BCUT2D eigenvalue weighted by atomic mass is 9.91. The van der Waals surface area contributed by atoms with Crippen molar-refractivity contribution >= 4 is 27.9 Å². The number of piperidine rings is 1. The summed E-state index contributed by atoms with van der Waals surface area (Å²) in [7, 11) is 0. The zero-order valence-electron chi connectivity index (χ0n) is 14.7. The first-order chi connectivity index (χ1) is 11.5. The van der Waals surface area contributed by atoms with Gasteiger partial charge in [0.2, 0.25) is 5.91 Å². The molecular weight excluding hydrogens is 395 g/mol. The molecule has 1 saturated heterocycles. The van der Waals surface area contributed by atoms with E-state index in [9.17, 15) is 18.0 Å². The second-order valence-electron chi connectivity index (χ2n) is 7.66. The van der Waals surface area contributed by atoms with Crippen LogP contribution < -0.4 is 0 Å². The summed E-state index contributed by atoms with van der Waals surface area (Å²) in [5.74, 6) is 0.148. The van der Waals surface area contributed by atoms with Gasteiger partial charge in [-0.25, -0.2) is 0 Å². The Labute approximate surface area is 155 Å². The Morgan fingerprint density at radius 2 is 1.80 bits per heavy atom. The maximum Gasteiger partial charge on any atom is 0.417 e. The number of hydrogen-bond acceptors (Lipinski definition) is 1. The Morgan fingerprint density at radius 3 is 2.32 bits per heavy atom. The summed E-state index contributed by atoms with van der Waals surface area (Å²) >= 11 is 2.95. The van der Waals surface area contributed by atoms with Crippen LogP contribution in [0.2, 0.25) is 0 Å². The fourth-order valence-corrected chi connectivity index (χ4v) is 3.31. The molecule has 1 aliphatic rings. The molecule has 1 amide bonds. The average molecular weight is 418 g/mol. The van der Waals surface area contributed by atoms with Crippen molar-refractivity contribution in [2.75, 3.05) is 13.1 Å². The van der Waals surface area contributed by atoms with E-state index in [0.717, 1.165) is 11.6 Å². The Hall–Kier alpha value is -1.30. The quantitative estimate of drug-likeness (QED) is 0.585. The fraction of sp³-hybridized carbons (Fsp3) is 0.526. The van der Waals surface area contributed by atoms with Gasteiger partial charge in [-0.15, -0.1) is 0 Å². The molecule has 1 fully saturated rings. The van der Waals surface area contributed by atoms with Gasteiger partial charge in [0.1, 0.15) is 0 Å². The van der Waals surface area contributed by atoms with Gasteiger partial charge in [0, 0.05) is 24.0 Å². The molecule has 0 bridgehead atoms. The topological polar surface area (TPSA) is 20.3 Å². The summed E-state index contributed by atoms with van der Waals surface area (Å²) in [5.41, 5.74) is 0.911. The normalized spacial score (nSPS) is 16.1. The highest BCUT2D eigenvalue weighted by atomic mass is 79.9. The molecule has 25 heavy (non-hydrogen) atoms. The molecule has 0 atom stereocenters. The van der Waals surface area contributed by atoms with E-state index in [1.54, 1.807) is 6.07 Å². The van der Waals surface area contributed by atoms with E-state index in [4.69, 9.17) is 0 Å². The van der Waals surface area contributed by atoms with E-state index in [1.807, 2.05) is 31.7 Å². The summed E-state index contributed by atoms with van der Waals surface area (Å²) < 4.78 is 39.0. The van der Waals surface area contributed by atoms with Gasteiger partial charge in [0.05, 0.1) is 5.56 Å². The second kappa shape index (κ2) is 7.52. The van der Waals surface area contributed by atoms with E-state index in [-0.39, 0.29) is 15.8 Å². The molecular formula is C19H23BrF3NO. The SMILES string of the molecule is CC(C)(C)CC(=O)N1CCC(=Cc2ccc(Br)c(C(F)(F)F)c2)CC1. The highest BCUT2D eigenvalue weighted by Gasteiger charge is 2.33. The molecule has 0 unspecified atom stereocenters. The third-order valence-electron chi connectivity index (χ3n) is 4.11. The minimum Gasteiger partial charge on any atom is -0.342 e. The maximum atomic E-state index is 13.0. The van der Waals surface area contributed by atoms with Crippen LogP contribution in [0.1, 0.15) is 51.2 Å². The van der Waals surface area contributed by atoms with Gasteiger partial charge >= 0.3 is 6.18 Å². The Morgan fingerprint density at radius 1 is 1.20 bits per heavy atom. The summed E-state index contributed by atoms with van der Waals surface area (Å²) in [6.07, 6.45) is -0.655. The zero-order valence-corrected chi connectivity index (χ0v) is 16.3. The van der Waals surface area contributed by atoms with Crippen molar-refractivity contribution in [3.63, 3.8) is 0 Å². The molecule has 138 valence electrons. The predicted molar refractivity (Wildman–Crippen MR) is 97.0 cm³/mol. The highest BCUT2D eigenvalue weighted by Crippen LogP contribution is 2.36. The lowest BCUT2D eigenvalue weighted by molar-refractivity contribution is -0.138. The number of alkyl halides is 3. The molecule has 2 rings (SSSR count). The van der Waals surface area contributed by atoms with Gasteiger partial charge in [-0.05, 0) is 36.0 Å². The zero-order chi connectivity index (χ0) is 18.8. The van der Waals surface area contributed by atoms with Crippen molar-refractivity contribution in [3.05, 3.63) is 39.4 Å². The minimum absolute atomic E-state index is 0.0430. The van der Waals surface area contributed by atoms with Crippen LogP contribution in [0.5, 0.6) is 0 Å². The summed E-state index contributed by atoms with van der Waals surface area (Å²) in [6.45, 7) is 7.36. The van der Waals surface area contributed by atoms with Crippen molar-refractivity contribution in [2.45, 2.75) is 46.2 Å². The Balaban J connectivity index is 2.05. The summed E-state index contributed by atoms with van der Waals surface area (Å²) in [5, 5.41) is 0. The van der Waals surface area contributed by atoms with Gasteiger partial charge in [-0.3, -0.25) is 4.79 Å². The van der Waals surface area contributed by atoms with Crippen molar-refractivity contribution in [3.8, 4) is 0 Å². The monoisotopic (exact) mass is 417 g/mol. The van der Waals surface area contributed by atoms with Crippen LogP contribution in [0.3, 0.4) is 0 Å². The van der Waals surface area contributed by atoms with Crippen molar-refractivity contribution in [2.24, 2.45) is 5.41 Å². The Bertz CT molecular complexity index is 664. The molecule has 1 heterocycles. The third kappa shape index (κ3) is 5.87. The standard InChI is InChI=1S/C19H23BrF3NO/c1-18(2,3)12-17(25)24-8-6-13(7-9-24)10-14-4-5-16(20)15(11-14)19(21,22)23/h4-5,10-11H,6-9,12H2,1-3H3. The number of hydrogen-bond donors (Lipinski definition) is 0. The van der Waals surface area contributed by atoms with Crippen LogP contribution in [-0.4, -0.2) is 23.9 Å². The number of carbonyl (C=O) groups is 1. The highest BCUT2D eigenvalue weighted by molar-refractivity contribution is 9.10. The Kier molecular flexibility index (Phi) is 6.02. The van der Waals surface area contributed by atoms with E-state index in [1.165, 1.54) is 6.07 Å². The minimum atomic E-state index is -4.38. The number of carbonyl (C=O) groups excluding carboxylic acids is 1. The summed E-state index contributed by atoms with van der Waals surface area (Å²) in [4.78, 5) is 14.1. The van der Waals surface area contributed by atoms with E-state index < -0.39 is 11.7 Å². The number of halogens is 4. The molecule has 0 saturated carbocycles. The fourth-order valence-electron chi connectivity index (χ4n) is 2.84. The van der Waals surface area contributed by atoms with Gasteiger partial charge in [-0.2, -0.15) is 13.2 Å². The molecule has 0 aromatic heterocycles. The molecule has 6 heteroatoms. The molecule has 0 spiro atoms. The molecule has 1 aromatic rings. The number of rotatable bonds is 2. The predicted octanol–water partition coefficient (Wildman–Crippen LogP) is 5.91. The van der Waals surface area contributed by atoms with Crippen LogP contribution in [0.25, 0.3) is 6.08 Å². The van der Waals surface area contributed by atoms with Crippen molar-refractivity contribution < 1.29 is 18.0 Å². The first kappa shape index (κ1) is 20.0. The van der Waals surface area contributed by atoms with Crippen LogP contribution in [0.15, 0.2) is 28.2 Å². The smallest absolute Gasteiger partial charge is 0.342 e. The van der Waals surface area contributed by atoms with Gasteiger partial charge in [0.25, 0.3) is 0 Å². The van der Waals surface area contributed by atoms with Crippen LogP contribution in [0.4, 0.5) is 13.2 Å². The second-order valence-corrected chi connectivity index (χ2v) is 8.51. The van der Waals surface area contributed by atoms with Crippen LogP contribution >= 0.6 is 15.9 Å². The van der Waals surface area contributed by atoms with Crippen molar-refractivity contribution in [1.29, 1.82) is 0 Å². The maximum absolute atomic E-state index is 13.0. The molecule has 1 aromatic carbocycles. The first-order valence-corrected chi connectivity index (χ1v) is 9.09. The van der Waals surface area contributed by atoms with Crippen molar-refractivity contribution in [1.82, 2.24) is 4.90 Å². The number of benzene rings is 1.